The molecule has 28 heavy (non-hydrogen) atoms. The van der Waals surface area contributed by atoms with Crippen LogP contribution in [-0.2, 0) is 13.1 Å². The molecule has 2 N–H and O–H groups in total. The van der Waals surface area contributed by atoms with Gasteiger partial charge in [0.25, 0.3) is 0 Å². The van der Waals surface area contributed by atoms with E-state index in [0.717, 1.165) is 16.9 Å². The Morgan fingerprint density at radius 3 is 2.71 bits per heavy atom. The maximum absolute atomic E-state index is 13.4. The molecule has 0 saturated heterocycles. The van der Waals surface area contributed by atoms with E-state index in [0.29, 0.717) is 30.7 Å². The van der Waals surface area contributed by atoms with Crippen LogP contribution < -0.4 is 10.1 Å². The lowest BCUT2D eigenvalue weighted by Gasteiger charge is -2.21. The lowest BCUT2D eigenvalue weighted by molar-refractivity contribution is 0.415. The number of aliphatic imine (C=N–C) groups is 1. The number of methoxy groups -OCH3 is 1. The van der Waals surface area contributed by atoms with E-state index in [-0.39, 0.29) is 5.82 Å². The monoisotopic (exact) mass is 382 g/mol. The quantitative estimate of drug-likeness (QED) is 0.506. The highest BCUT2D eigenvalue weighted by molar-refractivity contribution is 5.79. The predicted octanol–water partition coefficient (Wildman–Crippen LogP) is 2.83. The number of nitrogens with one attached hydrogen (secondary N) is 2. The van der Waals surface area contributed by atoms with Gasteiger partial charge >= 0.3 is 0 Å². The van der Waals surface area contributed by atoms with Gasteiger partial charge in [-0.15, -0.1) is 0 Å². The zero-order chi connectivity index (χ0) is 19.9. The molecule has 146 valence electrons. The molecule has 8 heteroatoms. The first-order valence-corrected chi connectivity index (χ1v) is 8.81. The Balaban J connectivity index is 1.59. The second-order valence-electron chi connectivity index (χ2n) is 6.22. The molecule has 1 aromatic heterocycles. The molecule has 3 rings (SSSR count). The summed E-state index contributed by atoms with van der Waals surface area (Å²) in [5.74, 6) is 2.51. The van der Waals surface area contributed by atoms with Crippen molar-refractivity contribution in [3.63, 3.8) is 0 Å². The van der Waals surface area contributed by atoms with Crippen molar-refractivity contribution in [2.24, 2.45) is 4.99 Å². The van der Waals surface area contributed by atoms with Crippen molar-refractivity contribution < 1.29 is 9.13 Å². The number of rotatable bonds is 6. The average Bonchev–Trinajstić information content (AvgIpc) is 3.17. The van der Waals surface area contributed by atoms with Crippen molar-refractivity contribution in [2.75, 3.05) is 21.2 Å². The van der Waals surface area contributed by atoms with Gasteiger partial charge in [-0.05, 0) is 42.0 Å². The van der Waals surface area contributed by atoms with E-state index in [1.165, 1.54) is 12.1 Å². The van der Waals surface area contributed by atoms with Gasteiger partial charge in [0, 0.05) is 26.2 Å². The molecule has 2 aromatic carbocycles. The molecule has 0 radical (unpaired) electrons. The first-order valence-electron chi connectivity index (χ1n) is 8.81. The number of halogens is 1. The fraction of sp³-hybridized carbons (Fsp3) is 0.250. The zero-order valence-corrected chi connectivity index (χ0v) is 16.1. The number of hydrogen-bond donors (Lipinski definition) is 2. The van der Waals surface area contributed by atoms with Gasteiger partial charge in [-0.1, -0.05) is 12.1 Å². The minimum atomic E-state index is -0.249. The van der Waals surface area contributed by atoms with Crippen LogP contribution in [0.2, 0.25) is 0 Å². The molecule has 0 amide bonds. The molecule has 0 atom stereocenters. The van der Waals surface area contributed by atoms with E-state index in [2.05, 4.69) is 25.5 Å². The van der Waals surface area contributed by atoms with Gasteiger partial charge in [0.05, 0.1) is 13.7 Å². The van der Waals surface area contributed by atoms with Crippen molar-refractivity contribution >= 4 is 5.96 Å². The van der Waals surface area contributed by atoms with Crippen molar-refractivity contribution in [1.82, 2.24) is 25.4 Å². The van der Waals surface area contributed by atoms with E-state index < -0.39 is 0 Å². The highest BCUT2D eigenvalue weighted by Gasteiger charge is 2.10. The minimum absolute atomic E-state index is 0.249. The third-order valence-corrected chi connectivity index (χ3v) is 4.18. The summed E-state index contributed by atoms with van der Waals surface area (Å²) in [6, 6.07) is 14.1. The second-order valence-corrected chi connectivity index (χ2v) is 6.22. The number of H-pyrrole nitrogens is 1. The SMILES string of the molecule is CN=C(NCc1nc(-c2ccc(OC)cc2)n[nH]1)N(C)Cc1cccc(F)c1. The maximum Gasteiger partial charge on any atom is 0.194 e. The fourth-order valence-electron chi connectivity index (χ4n) is 2.78. The van der Waals surface area contributed by atoms with E-state index >= 15 is 0 Å². The number of aromatic nitrogens is 3. The van der Waals surface area contributed by atoms with Crippen molar-refractivity contribution in [3.8, 4) is 17.1 Å². The van der Waals surface area contributed by atoms with Crippen molar-refractivity contribution in [3.05, 3.63) is 65.7 Å². The van der Waals surface area contributed by atoms with Crippen LogP contribution in [0, 0.1) is 5.82 Å². The summed E-state index contributed by atoms with van der Waals surface area (Å²) in [5, 5.41) is 10.4. The van der Waals surface area contributed by atoms with Crippen LogP contribution in [0.25, 0.3) is 11.4 Å². The minimum Gasteiger partial charge on any atom is -0.497 e. The Kier molecular flexibility index (Phi) is 6.21. The Hall–Kier alpha value is -3.42. The van der Waals surface area contributed by atoms with E-state index in [1.54, 1.807) is 20.2 Å². The Labute approximate surface area is 163 Å². The molecule has 0 saturated carbocycles. The lowest BCUT2D eigenvalue weighted by atomic mass is 10.2. The largest absolute Gasteiger partial charge is 0.497 e. The number of guanidine groups is 1. The van der Waals surface area contributed by atoms with Gasteiger partial charge in [-0.25, -0.2) is 9.37 Å². The third-order valence-electron chi connectivity index (χ3n) is 4.18. The molecule has 0 spiro atoms. The van der Waals surface area contributed by atoms with Crippen molar-refractivity contribution in [1.29, 1.82) is 0 Å². The smallest absolute Gasteiger partial charge is 0.194 e. The van der Waals surface area contributed by atoms with E-state index in [4.69, 9.17) is 4.74 Å². The summed E-state index contributed by atoms with van der Waals surface area (Å²) in [6.45, 7) is 0.967. The van der Waals surface area contributed by atoms with E-state index in [9.17, 15) is 4.39 Å². The molecule has 0 aliphatic carbocycles. The molecule has 7 nitrogen and oxygen atoms in total. The molecular formula is C20H23FN6O. The summed E-state index contributed by atoms with van der Waals surface area (Å²) >= 11 is 0. The van der Waals surface area contributed by atoms with Crippen LogP contribution in [0.4, 0.5) is 4.39 Å². The van der Waals surface area contributed by atoms with Crippen molar-refractivity contribution in [2.45, 2.75) is 13.1 Å². The normalized spacial score (nSPS) is 11.4. The highest BCUT2D eigenvalue weighted by atomic mass is 19.1. The summed E-state index contributed by atoms with van der Waals surface area (Å²) in [5.41, 5.74) is 1.77. The Bertz CT molecular complexity index is 938. The molecule has 3 aromatic rings. The first kappa shape index (κ1) is 19.3. The number of ether oxygens (including phenoxy) is 1. The number of hydrogen-bond acceptors (Lipinski definition) is 4. The first-order chi connectivity index (χ1) is 13.6. The Morgan fingerprint density at radius 1 is 1.25 bits per heavy atom. The predicted molar refractivity (Wildman–Crippen MR) is 106 cm³/mol. The number of aromatic amines is 1. The van der Waals surface area contributed by atoms with Crippen LogP contribution in [0.5, 0.6) is 5.75 Å². The van der Waals surface area contributed by atoms with Gasteiger partial charge in [0.15, 0.2) is 11.8 Å². The van der Waals surface area contributed by atoms with Gasteiger partial charge < -0.3 is 15.0 Å². The Morgan fingerprint density at radius 2 is 2.04 bits per heavy atom. The van der Waals surface area contributed by atoms with Crippen LogP contribution in [-0.4, -0.2) is 47.2 Å². The van der Waals surface area contributed by atoms with Crippen LogP contribution in [0.1, 0.15) is 11.4 Å². The second kappa shape index (κ2) is 8.98. The van der Waals surface area contributed by atoms with Gasteiger partial charge in [0.2, 0.25) is 0 Å². The standard InChI is InChI=1S/C20H23FN6O/c1-22-20(27(2)13-14-5-4-6-16(21)11-14)23-12-18-24-19(26-25-18)15-7-9-17(28-3)10-8-15/h4-11H,12-13H2,1-3H3,(H,22,23)(H,24,25,26). The third kappa shape index (κ3) is 4.85. The number of nitrogens with zero attached hydrogens (tertiary/aromatic N) is 4. The molecule has 0 bridgehead atoms. The molecule has 1 heterocycles. The molecule has 0 aliphatic heterocycles. The fourth-order valence-corrected chi connectivity index (χ4v) is 2.78. The average molecular weight is 382 g/mol. The summed E-state index contributed by atoms with van der Waals surface area (Å²) in [6.07, 6.45) is 0. The molecule has 0 unspecified atom stereocenters. The highest BCUT2D eigenvalue weighted by Crippen LogP contribution is 2.18. The zero-order valence-electron chi connectivity index (χ0n) is 16.1. The summed E-state index contributed by atoms with van der Waals surface area (Å²) in [7, 11) is 5.22. The van der Waals surface area contributed by atoms with Crippen LogP contribution in [0.3, 0.4) is 0 Å². The van der Waals surface area contributed by atoms with Crippen LogP contribution >= 0.6 is 0 Å². The van der Waals surface area contributed by atoms with E-state index in [1.807, 2.05) is 42.3 Å². The lowest BCUT2D eigenvalue weighted by Crippen LogP contribution is -2.38. The summed E-state index contributed by atoms with van der Waals surface area (Å²) in [4.78, 5) is 10.7. The topological polar surface area (TPSA) is 78.4 Å². The molecule has 0 aliphatic rings. The van der Waals surface area contributed by atoms with Gasteiger partial charge in [-0.3, -0.25) is 10.1 Å². The molecule has 0 fully saturated rings. The summed E-state index contributed by atoms with van der Waals surface area (Å²) < 4.78 is 18.5. The number of benzene rings is 2. The molecular weight excluding hydrogens is 359 g/mol. The maximum atomic E-state index is 13.4. The van der Waals surface area contributed by atoms with Gasteiger partial charge in [0.1, 0.15) is 17.4 Å². The van der Waals surface area contributed by atoms with Gasteiger partial charge in [-0.2, -0.15) is 5.10 Å². The van der Waals surface area contributed by atoms with Crippen LogP contribution in [0.15, 0.2) is 53.5 Å².